The molecule has 9 heteroatoms. The van der Waals surface area contributed by atoms with E-state index in [1.54, 1.807) is 6.07 Å². The first-order chi connectivity index (χ1) is 11.7. The van der Waals surface area contributed by atoms with Crippen molar-refractivity contribution in [2.75, 3.05) is 13.1 Å². The molecule has 0 saturated carbocycles. The van der Waals surface area contributed by atoms with E-state index < -0.39 is 30.5 Å². The van der Waals surface area contributed by atoms with Gasteiger partial charge in [0, 0.05) is 18.7 Å². The Morgan fingerprint density at radius 1 is 1.40 bits per heavy atom. The molecule has 0 bridgehead atoms. The van der Waals surface area contributed by atoms with E-state index in [2.05, 4.69) is 10.1 Å². The maximum atomic E-state index is 13.0. The van der Waals surface area contributed by atoms with Gasteiger partial charge in [0.2, 0.25) is 11.7 Å². The van der Waals surface area contributed by atoms with Crippen LogP contribution in [0.1, 0.15) is 11.5 Å². The van der Waals surface area contributed by atoms with Gasteiger partial charge in [-0.1, -0.05) is 28.9 Å². The van der Waals surface area contributed by atoms with E-state index >= 15 is 0 Å². The van der Waals surface area contributed by atoms with Crippen LogP contribution in [0.25, 0.3) is 11.4 Å². The quantitative estimate of drug-likeness (QED) is 0.908. The molecule has 2 heterocycles. The SMILES string of the molecule is Cc1cccc(-c2noc(CN3C[C@@H](C(F)(F)F)[C@H](C(=O)O)C3)n2)c1. The van der Waals surface area contributed by atoms with Crippen LogP contribution in [-0.4, -0.2) is 45.4 Å². The normalized spacial score (nSPS) is 21.6. The Morgan fingerprint density at radius 2 is 2.16 bits per heavy atom. The highest BCUT2D eigenvalue weighted by Crippen LogP contribution is 2.38. The van der Waals surface area contributed by atoms with Gasteiger partial charge in [-0.2, -0.15) is 18.2 Å². The van der Waals surface area contributed by atoms with Crippen molar-refractivity contribution in [1.82, 2.24) is 15.0 Å². The molecule has 0 unspecified atom stereocenters. The predicted molar refractivity (Wildman–Crippen MR) is 80.4 cm³/mol. The number of alkyl halides is 3. The summed E-state index contributed by atoms with van der Waals surface area (Å²) in [6.45, 7) is 1.29. The molecule has 1 aliphatic rings. The zero-order chi connectivity index (χ0) is 18.2. The first-order valence-corrected chi connectivity index (χ1v) is 7.65. The van der Waals surface area contributed by atoms with Gasteiger partial charge in [0.25, 0.3) is 0 Å². The average molecular weight is 355 g/mol. The van der Waals surface area contributed by atoms with Crippen molar-refractivity contribution in [2.45, 2.75) is 19.6 Å². The maximum absolute atomic E-state index is 13.0. The Hall–Kier alpha value is -2.42. The second-order valence-electron chi connectivity index (χ2n) is 6.17. The summed E-state index contributed by atoms with van der Waals surface area (Å²) in [4.78, 5) is 16.7. The Labute approximate surface area is 141 Å². The van der Waals surface area contributed by atoms with E-state index in [-0.39, 0.29) is 19.0 Å². The van der Waals surface area contributed by atoms with Crippen molar-refractivity contribution in [3.05, 3.63) is 35.7 Å². The summed E-state index contributed by atoms with van der Waals surface area (Å²) in [7, 11) is 0. The number of likely N-dealkylation sites (tertiary alicyclic amines) is 1. The summed E-state index contributed by atoms with van der Waals surface area (Å²) in [6, 6.07) is 7.42. The smallest absolute Gasteiger partial charge is 0.393 e. The maximum Gasteiger partial charge on any atom is 0.393 e. The molecule has 2 aromatic rings. The molecule has 1 aliphatic heterocycles. The highest BCUT2D eigenvalue weighted by molar-refractivity contribution is 5.71. The zero-order valence-corrected chi connectivity index (χ0v) is 13.3. The van der Waals surface area contributed by atoms with Crippen molar-refractivity contribution in [1.29, 1.82) is 0 Å². The molecule has 1 aromatic heterocycles. The largest absolute Gasteiger partial charge is 0.481 e. The Bertz CT molecular complexity index is 775. The molecule has 0 amide bonds. The van der Waals surface area contributed by atoms with Gasteiger partial charge in [-0.15, -0.1) is 0 Å². The van der Waals surface area contributed by atoms with Crippen LogP contribution in [0.2, 0.25) is 0 Å². The summed E-state index contributed by atoms with van der Waals surface area (Å²) in [5, 5.41) is 12.9. The topological polar surface area (TPSA) is 79.5 Å². The number of aromatic nitrogens is 2. The molecule has 134 valence electrons. The lowest BCUT2D eigenvalue weighted by molar-refractivity contribution is -0.188. The summed E-state index contributed by atoms with van der Waals surface area (Å²) in [5.74, 6) is -4.33. The zero-order valence-electron chi connectivity index (χ0n) is 13.3. The minimum Gasteiger partial charge on any atom is -0.481 e. The first kappa shape index (κ1) is 17.4. The number of aliphatic carboxylic acids is 1. The number of carbonyl (C=O) groups is 1. The molecule has 25 heavy (non-hydrogen) atoms. The number of carboxylic acids is 1. The van der Waals surface area contributed by atoms with Crippen molar-refractivity contribution in [2.24, 2.45) is 11.8 Å². The fourth-order valence-corrected chi connectivity index (χ4v) is 3.01. The Morgan fingerprint density at radius 3 is 2.76 bits per heavy atom. The highest BCUT2D eigenvalue weighted by atomic mass is 19.4. The number of benzene rings is 1. The second kappa shape index (κ2) is 6.47. The van der Waals surface area contributed by atoms with E-state index in [0.717, 1.165) is 11.1 Å². The summed E-state index contributed by atoms with van der Waals surface area (Å²) < 4.78 is 44.1. The lowest BCUT2D eigenvalue weighted by atomic mass is 9.96. The number of nitrogens with zero attached hydrogens (tertiary/aromatic N) is 3. The third kappa shape index (κ3) is 3.81. The van der Waals surface area contributed by atoms with Gasteiger partial charge in [-0.25, -0.2) is 0 Å². The van der Waals surface area contributed by atoms with Gasteiger partial charge in [0.15, 0.2) is 0 Å². The van der Waals surface area contributed by atoms with Gasteiger partial charge in [0.05, 0.1) is 18.4 Å². The minimum absolute atomic E-state index is 0.0187. The van der Waals surface area contributed by atoms with Gasteiger partial charge >= 0.3 is 12.1 Å². The molecular weight excluding hydrogens is 339 g/mol. The van der Waals surface area contributed by atoms with E-state index in [1.807, 2.05) is 25.1 Å². The monoisotopic (exact) mass is 355 g/mol. The average Bonchev–Trinajstić information content (AvgIpc) is 3.14. The number of hydrogen-bond acceptors (Lipinski definition) is 5. The molecule has 6 nitrogen and oxygen atoms in total. The second-order valence-corrected chi connectivity index (χ2v) is 6.17. The Kier molecular flexibility index (Phi) is 4.51. The van der Waals surface area contributed by atoms with Crippen LogP contribution in [0.15, 0.2) is 28.8 Å². The summed E-state index contributed by atoms with van der Waals surface area (Å²) in [5.41, 5.74) is 1.76. The van der Waals surface area contributed by atoms with Gasteiger partial charge < -0.3 is 9.63 Å². The van der Waals surface area contributed by atoms with Crippen LogP contribution in [-0.2, 0) is 11.3 Å². The first-order valence-electron chi connectivity index (χ1n) is 7.65. The van der Waals surface area contributed by atoms with Crippen molar-refractivity contribution in [3.63, 3.8) is 0 Å². The fraction of sp³-hybridized carbons (Fsp3) is 0.438. The standard InChI is InChI=1S/C16H16F3N3O3/c1-9-3-2-4-10(5-9)14-20-13(25-21-14)8-22-6-11(15(23)24)12(7-22)16(17,18)19/h2-5,11-12H,6-8H2,1H3,(H,23,24)/t11-,12-/m1/s1. The molecule has 2 atom stereocenters. The molecule has 0 radical (unpaired) electrons. The van der Waals surface area contributed by atoms with Crippen LogP contribution < -0.4 is 0 Å². The Balaban J connectivity index is 1.72. The van der Waals surface area contributed by atoms with E-state index in [1.165, 1.54) is 4.90 Å². The van der Waals surface area contributed by atoms with Crippen molar-refractivity contribution < 1.29 is 27.6 Å². The molecular formula is C16H16F3N3O3. The molecule has 0 spiro atoms. The van der Waals surface area contributed by atoms with Crippen LogP contribution in [0.3, 0.4) is 0 Å². The molecule has 3 rings (SSSR count). The molecule has 1 N–H and O–H groups in total. The molecule has 1 aromatic carbocycles. The van der Waals surface area contributed by atoms with Crippen LogP contribution in [0.4, 0.5) is 13.2 Å². The highest BCUT2D eigenvalue weighted by Gasteiger charge is 2.52. The number of rotatable bonds is 4. The molecule has 1 saturated heterocycles. The summed E-state index contributed by atoms with van der Waals surface area (Å²) in [6.07, 6.45) is -4.56. The van der Waals surface area contributed by atoms with Crippen molar-refractivity contribution in [3.8, 4) is 11.4 Å². The lowest BCUT2D eigenvalue weighted by Crippen LogP contribution is -2.33. The number of carboxylic acid groups (broad SMARTS) is 1. The van der Waals surface area contributed by atoms with Gasteiger partial charge in [-0.05, 0) is 13.0 Å². The van der Waals surface area contributed by atoms with E-state index in [4.69, 9.17) is 9.63 Å². The number of hydrogen-bond donors (Lipinski definition) is 1. The van der Waals surface area contributed by atoms with Crippen LogP contribution >= 0.6 is 0 Å². The summed E-state index contributed by atoms with van der Waals surface area (Å²) >= 11 is 0. The van der Waals surface area contributed by atoms with Crippen molar-refractivity contribution >= 4 is 5.97 Å². The lowest BCUT2D eigenvalue weighted by Gasteiger charge is -2.17. The van der Waals surface area contributed by atoms with Crippen LogP contribution in [0, 0.1) is 18.8 Å². The molecule has 0 aliphatic carbocycles. The van der Waals surface area contributed by atoms with E-state index in [9.17, 15) is 18.0 Å². The van der Waals surface area contributed by atoms with Gasteiger partial charge in [-0.3, -0.25) is 9.69 Å². The number of halogens is 3. The van der Waals surface area contributed by atoms with Crippen LogP contribution in [0.5, 0.6) is 0 Å². The fourth-order valence-electron chi connectivity index (χ4n) is 3.01. The minimum atomic E-state index is -4.56. The van der Waals surface area contributed by atoms with E-state index in [0.29, 0.717) is 5.82 Å². The third-order valence-electron chi connectivity index (χ3n) is 4.24. The third-order valence-corrected chi connectivity index (χ3v) is 4.24. The van der Waals surface area contributed by atoms with Gasteiger partial charge in [0.1, 0.15) is 0 Å². The molecule has 1 fully saturated rings. The predicted octanol–water partition coefficient (Wildman–Crippen LogP) is 2.74. The number of aryl methyl sites for hydroxylation is 1.